The van der Waals surface area contributed by atoms with Gasteiger partial charge in [0.15, 0.2) is 0 Å². The van der Waals surface area contributed by atoms with E-state index in [9.17, 15) is 9.90 Å². The molecule has 5 heteroatoms. The molecule has 0 bridgehead atoms. The maximum absolute atomic E-state index is 11.3. The predicted molar refractivity (Wildman–Crippen MR) is 93.1 cm³/mol. The summed E-state index contributed by atoms with van der Waals surface area (Å²) in [4.78, 5) is 16.1. The molecule has 1 saturated heterocycles. The number of thiophene rings is 1. The number of likely N-dealkylation sites (tertiary alicyclic amines) is 1. The van der Waals surface area contributed by atoms with Crippen LogP contribution in [-0.4, -0.2) is 29.1 Å². The molecule has 1 aromatic heterocycles. The number of halogens is 1. The van der Waals surface area contributed by atoms with E-state index < -0.39 is 11.4 Å². The molecule has 0 spiro atoms. The van der Waals surface area contributed by atoms with Crippen molar-refractivity contribution in [2.24, 2.45) is 5.41 Å². The zero-order valence-electron chi connectivity index (χ0n) is 12.4. The van der Waals surface area contributed by atoms with E-state index in [-0.39, 0.29) is 0 Å². The van der Waals surface area contributed by atoms with Crippen molar-refractivity contribution >= 4 is 33.2 Å². The quantitative estimate of drug-likeness (QED) is 0.851. The number of aliphatic carboxylic acids is 1. The Morgan fingerprint density at radius 3 is 2.68 bits per heavy atom. The van der Waals surface area contributed by atoms with E-state index in [0.717, 1.165) is 24.0 Å². The molecular formula is C17H18BrNO2S. The minimum absolute atomic E-state index is 0.591. The molecule has 2 heterocycles. The largest absolute Gasteiger partial charge is 0.481 e. The van der Waals surface area contributed by atoms with E-state index in [0.29, 0.717) is 6.54 Å². The van der Waals surface area contributed by atoms with Crippen LogP contribution in [0, 0.1) is 5.41 Å². The molecule has 0 saturated carbocycles. The zero-order chi connectivity index (χ0) is 15.7. The van der Waals surface area contributed by atoms with Gasteiger partial charge in [-0.1, -0.05) is 28.1 Å². The standard InChI is InChI=1S/C17H18BrNO2S/c1-17(16(20)21)8-9-19(11-17)10-14-6-7-15(22-14)12-2-4-13(18)5-3-12/h2-7H,8-11H2,1H3,(H,20,21). The zero-order valence-corrected chi connectivity index (χ0v) is 14.8. The fraction of sp³-hybridized carbons (Fsp3) is 0.353. The van der Waals surface area contributed by atoms with Gasteiger partial charge in [-0.2, -0.15) is 0 Å². The van der Waals surface area contributed by atoms with Crippen LogP contribution in [0.1, 0.15) is 18.2 Å². The van der Waals surface area contributed by atoms with Gasteiger partial charge in [0.1, 0.15) is 0 Å². The second-order valence-electron chi connectivity index (χ2n) is 6.10. The summed E-state index contributed by atoms with van der Waals surface area (Å²) in [6, 6.07) is 12.6. The van der Waals surface area contributed by atoms with Gasteiger partial charge in [0.25, 0.3) is 0 Å². The molecule has 1 unspecified atom stereocenters. The van der Waals surface area contributed by atoms with Crippen molar-refractivity contribution in [3.05, 3.63) is 45.7 Å². The van der Waals surface area contributed by atoms with Crippen molar-refractivity contribution in [3.8, 4) is 10.4 Å². The number of carboxylic acids is 1. The van der Waals surface area contributed by atoms with Gasteiger partial charge in [0, 0.05) is 27.3 Å². The van der Waals surface area contributed by atoms with Gasteiger partial charge in [-0.05, 0) is 49.7 Å². The Morgan fingerprint density at radius 2 is 2.05 bits per heavy atom. The average molecular weight is 380 g/mol. The first-order valence-corrected chi connectivity index (χ1v) is 8.88. The van der Waals surface area contributed by atoms with Crippen LogP contribution in [0.5, 0.6) is 0 Å². The Kier molecular flexibility index (Phi) is 4.39. The molecule has 1 fully saturated rings. The summed E-state index contributed by atoms with van der Waals surface area (Å²) in [6.07, 6.45) is 0.729. The van der Waals surface area contributed by atoms with Gasteiger partial charge < -0.3 is 5.11 Å². The van der Waals surface area contributed by atoms with Crippen LogP contribution in [0.4, 0.5) is 0 Å². The molecule has 1 atom stereocenters. The molecule has 1 aliphatic heterocycles. The molecule has 0 amide bonds. The van der Waals surface area contributed by atoms with Crippen LogP contribution >= 0.6 is 27.3 Å². The van der Waals surface area contributed by atoms with E-state index in [1.165, 1.54) is 15.3 Å². The van der Waals surface area contributed by atoms with Crippen molar-refractivity contribution in [2.75, 3.05) is 13.1 Å². The molecule has 116 valence electrons. The summed E-state index contributed by atoms with van der Waals surface area (Å²) in [5.41, 5.74) is 0.627. The van der Waals surface area contributed by atoms with Gasteiger partial charge in [0.05, 0.1) is 5.41 Å². The normalized spacial score (nSPS) is 22.1. The average Bonchev–Trinajstić information content (AvgIpc) is 3.08. The van der Waals surface area contributed by atoms with E-state index in [1.54, 1.807) is 11.3 Å². The fourth-order valence-corrected chi connectivity index (χ4v) is 4.14. The number of nitrogens with zero attached hydrogens (tertiary/aromatic N) is 1. The number of carboxylic acid groups (broad SMARTS) is 1. The van der Waals surface area contributed by atoms with Gasteiger partial charge in [-0.3, -0.25) is 9.69 Å². The van der Waals surface area contributed by atoms with Gasteiger partial charge >= 0.3 is 5.97 Å². The molecule has 1 N–H and O–H groups in total. The lowest BCUT2D eigenvalue weighted by molar-refractivity contribution is -0.147. The van der Waals surface area contributed by atoms with E-state index >= 15 is 0 Å². The van der Waals surface area contributed by atoms with E-state index in [1.807, 2.05) is 19.1 Å². The summed E-state index contributed by atoms with van der Waals surface area (Å²) in [5.74, 6) is -0.684. The third-order valence-electron chi connectivity index (χ3n) is 4.24. The SMILES string of the molecule is CC1(C(=O)O)CCN(Cc2ccc(-c3ccc(Br)cc3)s2)C1. The smallest absolute Gasteiger partial charge is 0.310 e. The van der Waals surface area contributed by atoms with Gasteiger partial charge in [-0.25, -0.2) is 0 Å². The molecule has 1 aromatic carbocycles. The molecule has 0 aliphatic carbocycles. The molecular weight excluding hydrogens is 362 g/mol. The van der Waals surface area contributed by atoms with Crippen LogP contribution < -0.4 is 0 Å². The summed E-state index contributed by atoms with van der Waals surface area (Å²) in [7, 11) is 0. The van der Waals surface area contributed by atoms with Crippen LogP contribution in [-0.2, 0) is 11.3 Å². The number of hydrogen-bond acceptors (Lipinski definition) is 3. The molecule has 0 radical (unpaired) electrons. The third kappa shape index (κ3) is 3.26. The number of benzene rings is 1. The fourth-order valence-electron chi connectivity index (χ4n) is 2.82. The molecule has 3 rings (SSSR count). The molecule has 2 aromatic rings. The Bertz CT molecular complexity index is 682. The number of carbonyl (C=O) groups is 1. The van der Waals surface area contributed by atoms with Crippen molar-refractivity contribution in [3.63, 3.8) is 0 Å². The van der Waals surface area contributed by atoms with Crippen molar-refractivity contribution < 1.29 is 9.90 Å². The second kappa shape index (κ2) is 6.14. The third-order valence-corrected chi connectivity index (χ3v) is 5.89. The molecule has 1 aliphatic rings. The highest BCUT2D eigenvalue weighted by Crippen LogP contribution is 2.34. The van der Waals surface area contributed by atoms with E-state index in [4.69, 9.17) is 0 Å². The van der Waals surface area contributed by atoms with Crippen LogP contribution in [0.25, 0.3) is 10.4 Å². The predicted octanol–water partition coefficient (Wildman–Crippen LogP) is 4.47. The highest BCUT2D eigenvalue weighted by atomic mass is 79.9. The second-order valence-corrected chi connectivity index (χ2v) is 8.18. The maximum Gasteiger partial charge on any atom is 0.310 e. The van der Waals surface area contributed by atoms with Crippen molar-refractivity contribution in [1.82, 2.24) is 4.90 Å². The highest BCUT2D eigenvalue weighted by molar-refractivity contribution is 9.10. The van der Waals surface area contributed by atoms with Crippen molar-refractivity contribution in [2.45, 2.75) is 19.9 Å². The highest BCUT2D eigenvalue weighted by Gasteiger charge is 2.40. The lowest BCUT2D eigenvalue weighted by Crippen LogP contribution is -2.31. The number of rotatable bonds is 4. The lowest BCUT2D eigenvalue weighted by atomic mass is 9.90. The Labute approximate surface area is 142 Å². The van der Waals surface area contributed by atoms with Crippen LogP contribution in [0.2, 0.25) is 0 Å². The maximum atomic E-state index is 11.3. The summed E-state index contributed by atoms with van der Waals surface area (Å²) in [6.45, 7) is 4.17. The monoisotopic (exact) mass is 379 g/mol. The summed E-state index contributed by atoms with van der Waals surface area (Å²) < 4.78 is 1.08. The van der Waals surface area contributed by atoms with Crippen LogP contribution in [0.15, 0.2) is 40.9 Å². The van der Waals surface area contributed by atoms with Gasteiger partial charge in [0.2, 0.25) is 0 Å². The number of hydrogen-bond donors (Lipinski definition) is 1. The summed E-state index contributed by atoms with van der Waals surface area (Å²) >= 11 is 5.24. The first-order chi connectivity index (χ1) is 10.5. The minimum atomic E-state index is -0.684. The molecule has 3 nitrogen and oxygen atoms in total. The van der Waals surface area contributed by atoms with Crippen molar-refractivity contribution in [1.29, 1.82) is 0 Å². The van der Waals surface area contributed by atoms with Crippen LogP contribution in [0.3, 0.4) is 0 Å². The minimum Gasteiger partial charge on any atom is -0.481 e. The Morgan fingerprint density at radius 1 is 1.32 bits per heavy atom. The van der Waals surface area contributed by atoms with Gasteiger partial charge in [-0.15, -0.1) is 11.3 Å². The first kappa shape index (κ1) is 15.7. The lowest BCUT2D eigenvalue weighted by Gasteiger charge is -2.19. The molecule has 22 heavy (non-hydrogen) atoms. The Hall–Kier alpha value is -1.17. The Balaban J connectivity index is 1.68. The topological polar surface area (TPSA) is 40.5 Å². The summed E-state index contributed by atoms with van der Waals surface area (Å²) in [5, 5.41) is 9.30. The van der Waals surface area contributed by atoms with E-state index in [2.05, 4.69) is 45.1 Å². The first-order valence-electron chi connectivity index (χ1n) is 7.27.